The van der Waals surface area contributed by atoms with Crippen molar-refractivity contribution in [1.82, 2.24) is 5.43 Å². The minimum atomic E-state index is 0.206. The van der Waals surface area contributed by atoms with Gasteiger partial charge in [-0.1, -0.05) is 19.1 Å². The highest BCUT2D eigenvalue weighted by Gasteiger charge is 2.31. The van der Waals surface area contributed by atoms with E-state index in [1.165, 1.54) is 5.56 Å². The largest absolute Gasteiger partial charge is 0.494 e. The van der Waals surface area contributed by atoms with Crippen LogP contribution >= 0.6 is 0 Å². The van der Waals surface area contributed by atoms with Crippen molar-refractivity contribution in [2.75, 3.05) is 13.2 Å². The SMILES string of the molecule is CCCOc1ccc(C(CC2CC(OCC)C2)NN)cc1. The molecule has 1 unspecified atom stereocenters. The maximum absolute atomic E-state index is 5.73. The van der Waals surface area contributed by atoms with Crippen LogP contribution in [0.4, 0.5) is 0 Å². The fourth-order valence-electron chi connectivity index (χ4n) is 2.89. The van der Waals surface area contributed by atoms with Crippen LogP contribution in [-0.2, 0) is 4.74 Å². The van der Waals surface area contributed by atoms with Crippen LogP contribution < -0.4 is 16.0 Å². The monoisotopic (exact) mass is 292 g/mol. The van der Waals surface area contributed by atoms with Crippen molar-refractivity contribution in [3.8, 4) is 5.75 Å². The molecule has 1 aliphatic carbocycles. The summed E-state index contributed by atoms with van der Waals surface area (Å²) < 4.78 is 11.2. The average molecular weight is 292 g/mol. The number of ether oxygens (including phenoxy) is 2. The van der Waals surface area contributed by atoms with Gasteiger partial charge < -0.3 is 9.47 Å². The summed E-state index contributed by atoms with van der Waals surface area (Å²) in [7, 11) is 0. The number of nitrogens with two attached hydrogens (primary N) is 1. The van der Waals surface area contributed by atoms with Crippen LogP contribution in [0.1, 0.15) is 51.1 Å². The van der Waals surface area contributed by atoms with Crippen LogP contribution in [0, 0.1) is 5.92 Å². The summed E-state index contributed by atoms with van der Waals surface area (Å²) in [5.41, 5.74) is 4.17. The van der Waals surface area contributed by atoms with E-state index < -0.39 is 0 Å². The molecule has 0 aliphatic heterocycles. The summed E-state index contributed by atoms with van der Waals surface area (Å²) in [5.74, 6) is 7.37. The first-order valence-corrected chi connectivity index (χ1v) is 8.07. The zero-order chi connectivity index (χ0) is 15.1. The second-order valence-corrected chi connectivity index (χ2v) is 5.79. The molecule has 21 heavy (non-hydrogen) atoms. The molecule has 4 heteroatoms. The molecule has 1 aromatic carbocycles. The molecule has 0 spiro atoms. The Balaban J connectivity index is 1.83. The molecule has 0 saturated heterocycles. The Morgan fingerprint density at radius 2 is 1.95 bits per heavy atom. The number of hydrazine groups is 1. The summed E-state index contributed by atoms with van der Waals surface area (Å²) in [5, 5.41) is 0. The lowest BCUT2D eigenvalue weighted by Gasteiger charge is -2.37. The second kappa shape index (κ2) is 8.37. The first-order valence-electron chi connectivity index (χ1n) is 8.07. The molecule has 1 atom stereocenters. The van der Waals surface area contributed by atoms with Crippen molar-refractivity contribution in [2.24, 2.45) is 11.8 Å². The van der Waals surface area contributed by atoms with Crippen molar-refractivity contribution in [1.29, 1.82) is 0 Å². The van der Waals surface area contributed by atoms with E-state index in [1.807, 2.05) is 12.1 Å². The maximum atomic E-state index is 5.73. The van der Waals surface area contributed by atoms with Crippen molar-refractivity contribution < 1.29 is 9.47 Å². The van der Waals surface area contributed by atoms with Gasteiger partial charge in [0, 0.05) is 12.6 Å². The van der Waals surface area contributed by atoms with Crippen LogP contribution in [-0.4, -0.2) is 19.3 Å². The molecule has 4 nitrogen and oxygen atoms in total. The van der Waals surface area contributed by atoms with Crippen LogP contribution in [0.2, 0.25) is 0 Å². The highest BCUT2D eigenvalue weighted by atomic mass is 16.5. The Kier molecular flexibility index (Phi) is 6.49. The van der Waals surface area contributed by atoms with E-state index in [0.29, 0.717) is 12.0 Å². The molecule has 0 amide bonds. The van der Waals surface area contributed by atoms with Gasteiger partial charge in [0.15, 0.2) is 0 Å². The van der Waals surface area contributed by atoms with Crippen LogP contribution in [0.15, 0.2) is 24.3 Å². The van der Waals surface area contributed by atoms with Gasteiger partial charge in [0.05, 0.1) is 12.7 Å². The van der Waals surface area contributed by atoms with Gasteiger partial charge in [-0.3, -0.25) is 11.3 Å². The molecular weight excluding hydrogens is 264 g/mol. The number of benzene rings is 1. The summed E-state index contributed by atoms with van der Waals surface area (Å²) in [6.07, 6.45) is 4.86. The molecular formula is C17H28N2O2. The van der Waals surface area contributed by atoms with Gasteiger partial charge in [-0.2, -0.15) is 0 Å². The molecule has 0 aromatic heterocycles. The van der Waals surface area contributed by atoms with Gasteiger partial charge >= 0.3 is 0 Å². The van der Waals surface area contributed by atoms with Crippen molar-refractivity contribution in [3.63, 3.8) is 0 Å². The van der Waals surface area contributed by atoms with Gasteiger partial charge in [0.1, 0.15) is 5.75 Å². The van der Waals surface area contributed by atoms with Gasteiger partial charge in [0.25, 0.3) is 0 Å². The predicted octanol–water partition coefficient (Wildman–Crippen LogP) is 3.19. The Morgan fingerprint density at radius 3 is 2.52 bits per heavy atom. The third-order valence-electron chi connectivity index (χ3n) is 4.12. The quantitative estimate of drug-likeness (QED) is 0.542. The van der Waals surface area contributed by atoms with Crippen molar-refractivity contribution in [3.05, 3.63) is 29.8 Å². The minimum Gasteiger partial charge on any atom is -0.494 e. The van der Waals surface area contributed by atoms with Gasteiger partial charge in [-0.25, -0.2) is 0 Å². The number of nitrogens with one attached hydrogen (secondary N) is 1. The number of rotatable bonds is 9. The van der Waals surface area contributed by atoms with E-state index >= 15 is 0 Å². The first kappa shape index (κ1) is 16.3. The Labute approximate surface area is 128 Å². The lowest BCUT2D eigenvalue weighted by molar-refractivity contribution is -0.0291. The molecule has 0 heterocycles. The fraction of sp³-hybridized carbons (Fsp3) is 0.647. The average Bonchev–Trinajstić information content (AvgIpc) is 2.48. The van der Waals surface area contributed by atoms with E-state index in [1.54, 1.807) is 0 Å². The van der Waals surface area contributed by atoms with E-state index in [9.17, 15) is 0 Å². The van der Waals surface area contributed by atoms with E-state index in [0.717, 1.165) is 44.6 Å². The van der Waals surface area contributed by atoms with Gasteiger partial charge in [0.2, 0.25) is 0 Å². The molecule has 1 aliphatic rings. The van der Waals surface area contributed by atoms with E-state index in [2.05, 4.69) is 31.4 Å². The smallest absolute Gasteiger partial charge is 0.119 e. The topological polar surface area (TPSA) is 56.5 Å². The second-order valence-electron chi connectivity index (χ2n) is 5.79. The van der Waals surface area contributed by atoms with Crippen LogP contribution in [0.3, 0.4) is 0 Å². The summed E-state index contributed by atoms with van der Waals surface area (Å²) in [6, 6.07) is 8.47. The number of hydrogen-bond donors (Lipinski definition) is 2. The van der Waals surface area contributed by atoms with Gasteiger partial charge in [-0.05, 0) is 56.2 Å². The zero-order valence-electron chi connectivity index (χ0n) is 13.2. The molecule has 0 bridgehead atoms. The maximum Gasteiger partial charge on any atom is 0.119 e. The lowest BCUT2D eigenvalue weighted by atomic mass is 9.77. The molecule has 1 aromatic rings. The lowest BCUT2D eigenvalue weighted by Crippen LogP contribution is -2.36. The minimum absolute atomic E-state index is 0.206. The molecule has 1 saturated carbocycles. The Bertz CT molecular complexity index is 402. The highest BCUT2D eigenvalue weighted by molar-refractivity contribution is 5.29. The fourth-order valence-corrected chi connectivity index (χ4v) is 2.89. The normalized spacial score (nSPS) is 22.6. The molecule has 0 radical (unpaired) electrons. The van der Waals surface area contributed by atoms with E-state index in [4.69, 9.17) is 15.3 Å². The highest BCUT2D eigenvalue weighted by Crippen LogP contribution is 2.36. The standard InChI is InChI=1S/C17H28N2O2/c1-3-9-21-15-7-5-14(6-8-15)17(19-18)12-13-10-16(11-13)20-4-2/h5-8,13,16-17,19H,3-4,9-12,18H2,1-2H3. The number of hydrogen-bond acceptors (Lipinski definition) is 4. The van der Waals surface area contributed by atoms with Crippen LogP contribution in [0.5, 0.6) is 5.75 Å². The van der Waals surface area contributed by atoms with Crippen LogP contribution in [0.25, 0.3) is 0 Å². The first-order chi connectivity index (χ1) is 10.3. The van der Waals surface area contributed by atoms with Crippen molar-refractivity contribution >= 4 is 0 Å². The molecule has 1 fully saturated rings. The van der Waals surface area contributed by atoms with Crippen molar-refractivity contribution in [2.45, 2.75) is 51.7 Å². The molecule has 118 valence electrons. The predicted molar refractivity (Wildman–Crippen MR) is 85.0 cm³/mol. The summed E-state index contributed by atoms with van der Waals surface area (Å²) in [4.78, 5) is 0. The van der Waals surface area contributed by atoms with Gasteiger partial charge in [-0.15, -0.1) is 0 Å². The zero-order valence-corrected chi connectivity index (χ0v) is 13.2. The van der Waals surface area contributed by atoms with E-state index in [-0.39, 0.29) is 6.04 Å². The molecule has 3 N–H and O–H groups in total. The Morgan fingerprint density at radius 1 is 1.24 bits per heavy atom. The third-order valence-corrected chi connectivity index (χ3v) is 4.12. The summed E-state index contributed by atoms with van der Waals surface area (Å²) in [6.45, 7) is 5.74. The summed E-state index contributed by atoms with van der Waals surface area (Å²) >= 11 is 0. The Hall–Kier alpha value is -1.10. The molecule has 2 rings (SSSR count). The third kappa shape index (κ3) is 4.70.